The van der Waals surface area contributed by atoms with E-state index in [1.54, 1.807) is 6.26 Å². The summed E-state index contributed by atoms with van der Waals surface area (Å²) in [7, 11) is 0. The van der Waals surface area contributed by atoms with Crippen LogP contribution in [0.3, 0.4) is 0 Å². The molecule has 0 spiro atoms. The number of carbonyl (C=O) groups is 1. The molecule has 0 aliphatic heterocycles. The van der Waals surface area contributed by atoms with Crippen molar-refractivity contribution in [3.63, 3.8) is 0 Å². The van der Waals surface area contributed by atoms with E-state index in [1.807, 2.05) is 91.9 Å². The Morgan fingerprint density at radius 3 is 2.03 bits per heavy atom. The molecule has 0 aliphatic carbocycles. The van der Waals surface area contributed by atoms with Crippen molar-refractivity contribution in [2.45, 2.75) is 19.0 Å². The topological polar surface area (TPSA) is 58.9 Å². The first-order valence-electron chi connectivity index (χ1n) is 10.1. The van der Waals surface area contributed by atoms with E-state index >= 15 is 0 Å². The van der Waals surface area contributed by atoms with Gasteiger partial charge in [0.1, 0.15) is 0 Å². The first-order chi connectivity index (χ1) is 14.7. The number of rotatable bonds is 7. The number of hydrogen-bond donors (Lipinski definition) is 2. The fourth-order valence-electron chi connectivity index (χ4n) is 3.56. The van der Waals surface area contributed by atoms with Gasteiger partial charge in [-0.25, -0.2) is 0 Å². The molecule has 1 heterocycles. The van der Waals surface area contributed by atoms with E-state index in [4.69, 9.17) is 4.42 Å². The molecule has 4 aromatic rings. The standard InChI is InChI=1S/C26H24N2O2/c1-19-14-16-22(17-15-19)27-26(29)25(21-11-6-3-7-12-21)28-24(23-13-8-18-30-23)20-9-4-2-5-10-20/h2-18,24-25,28H,1H3,(H,27,29)/p+1/t24-,25-/m0/s1. The van der Waals surface area contributed by atoms with Gasteiger partial charge in [0, 0.05) is 16.8 Å². The molecule has 4 heteroatoms. The second kappa shape index (κ2) is 9.25. The van der Waals surface area contributed by atoms with Crippen molar-refractivity contribution >= 4 is 11.6 Å². The molecular weight excluding hydrogens is 372 g/mol. The number of furan rings is 1. The Balaban J connectivity index is 1.66. The van der Waals surface area contributed by atoms with Gasteiger partial charge in [0.25, 0.3) is 5.91 Å². The molecule has 1 amide bonds. The van der Waals surface area contributed by atoms with Gasteiger partial charge in [0.2, 0.25) is 0 Å². The zero-order chi connectivity index (χ0) is 20.8. The number of aryl methyl sites for hydroxylation is 1. The monoisotopic (exact) mass is 397 g/mol. The molecule has 0 bridgehead atoms. The van der Waals surface area contributed by atoms with Gasteiger partial charge in [0.15, 0.2) is 17.8 Å². The van der Waals surface area contributed by atoms with E-state index in [0.29, 0.717) is 0 Å². The zero-order valence-electron chi connectivity index (χ0n) is 16.9. The number of quaternary nitrogens is 1. The van der Waals surface area contributed by atoms with Crippen molar-refractivity contribution in [3.05, 3.63) is 126 Å². The summed E-state index contributed by atoms with van der Waals surface area (Å²) in [6, 6.07) is 31.0. The number of benzene rings is 3. The lowest BCUT2D eigenvalue weighted by atomic mass is 10.00. The van der Waals surface area contributed by atoms with Crippen molar-refractivity contribution in [1.29, 1.82) is 0 Å². The highest BCUT2D eigenvalue weighted by Crippen LogP contribution is 2.21. The average molecular weight is 397 g/mol. The molecular formula is C26H25N2O2+. The van der Waals surface area contributed by atoms with Crippen LogP contribution < -0.4 is 10.6 Å². The van der Waals surface area contributed by atoms with Crippen LogP contribution in [0.15, 0.2) is 108 Å². The highest BCUT2D eigenvalue weighted by molar-refractivity contribution is 5.94. The highest BCUT2D eigenvalue weighted by Gasteiger charge is 2.31. The lowest BCUT2D eigenvalue weighted by Gasteiger charge is -2.22. The van der Waals surface area contributed by atoms with E-state index in [-0.39, 0.29) is 11.9 Å². The van der Waals surface area contributed by atoms with Crippen LogP contribution in [-0.2, 0) is 4.79 Å². The molecule has 1 aromatic heterocycles. The van der Waals surface area contributed by atoms with Crippen molar-refractivity contribution < 1.29 is 14.5 Å². The van der Waals surface area contributed by atoms with Crippen LogP contribution >= 0.6 is 0 Å². The minimum atomic E-state index is -0.442. The number of carbonyl (C=O) groups excluding carboxylic acids is 1. The fourth-order valence-corrected chi connectivity index (χ4v) is 3.56. The van der Waals surface area contributed by atoms with E-state index in [2.05, 4.69) is 22.8 Å². The van der Waals surface area contributed by atoms with E-state index in [0.717, 1.165) is 28.1 Å². The Labute approximate surface area is 176 Å². The third kappa shape index (κ3) is 4.67. The summed E-state index contributed by atoms with van der Waals surface area (Å²) in [6.07, 6.45) is 1.67. The third-order valence-electron chi connectivity index (χ3n) is 5.15. The zero-order valence-corrected chi connectivity index (χ0v) is 16.9. The van der Waals surface area contributed by atoms with Crippen LogP contribution in [0.1, 0.15) is 34.5 Å². The second-order valence-corrected chi connectivity index (χ2v) is 7.34. The second-order valence-electron chi connectivity index (χ2n) is 7.34. The van der Waals surface area contributed by atoms with Crippen LogP contribution in [0.4, 0.5) is 5.69 Å². The maximum atomic E-state index is 13.4. The summed E-state index contributed by atoms with van der Waals surface area (Å²) in [5.41, 5.74) is 3.96. The Morgan fingerprint density at radius 1 is 0.800 bits per heavy atom. The van der Waals surface area contributed by atoms with Crippen molar-refractivity contribution in [1.82, 2.24) is 0 Å². The Kier molecular flexibility index (Phi) is 6.06. The van der Waals surface area contributed by atoms with Gasteiger partial charge in [-0.15, -0.1) is 0 Å². The molecule has 4 nitrogen and oxygen atoms in total. The predicted octanol–water partition coefficient (Wildman–Crippen LogP) is 4.62. The Morgan fingerprint density at radius 2 is 1.43 bits per heavy atom. The molecule has 2 atom stereocenters. The summed E-state index contributed by atoms with van der Waals surface area (Å²) >= 11 is 0. The largest absolute Gasteiger partial charge is 0.463 e. The van der Waals surface area contributed by atoms with Crippen LogP contribution in [0.5, 0.6) is 0 Å². The summed E-state index contributed by atoms with van der Waals surface area (Å²) in [5, 5.41) is 5.13. The minimum Gasteiger partial charge on any atom is -0.463 e. The van der Waals surface area contributed by atoms with Gasteiger partial charge < -0.3 is 15.1 Å². The van der Waals surface area contributed by atoms with E-state index in [9.17, 15) is 4.79 Å². The molecule has 3 N–H and O–H groups in total. The van der Waals surface area contributed by atoms with Crippen molar-refractivity contribution in [2.75, 3.05) is 5.32 Å². The predicted molar refractivity (Wildman–Crippen MR) is 118 cm³/mol. The smallest absolute Gasteiger partial charge is 0.287 e. The summed E-state index contributed by atoms with van der Waals surface area (Å²) in [4.78, 5) is 13.4. The molecule has 0 aliphatic rings. The van der Waals surface area contributed by atoms with Crippen LogP contribution in [0.25, 0.3) is 0 Å². The third-order valence-corrected chi connectivity index (χ3v) is 5.15. The minimum absolute atomic E-state index is 0.0717. The van der Waals surface area contributed by atoms with Crippen LogP contribution in [0, 0.1) is 6.92 Å². The van der Waals surface area contributed by atoms with Gasteiger partial charge in [-0.1, -0.05) is 78.4 Å². The molecule has 4 rings (SSSR count). The molecule has 3 aromatic carbocycles. The molecule has 0 radical (unpaired) electrons. The molecule has 30 heavy (non-hydrogen) atoms. The van der Waals surface area contributed by atoms with Gasteiger partial charge in [-0.05, 0) is 31.2 Å². The maximum Gasteiger partial charge on any atom is 0.287 e. The summed E-state index contributed by atoms with van der Waals surface area (Å²) in [6.45, 7) is 2.03. The number of amides is 1. The Bertz CT molecular complexity index is 1060. The number of hydrogen-bond acceptors (Lipinski definition) is 2. The molecule has 0 saturated heterocycles. The normalized spacial score (nSPS) is 12.8. The number of nitrogens with one attached hydrogen (secondary N) is 1. The molecule has 0 fully saturated rings. The molecule has 150 valence electrons. The number of anilines is 1. The van der Waals surface area contributed by atoms with Crippen molar-refractivity contribution in [2.24, 2.45) is 0 Å². The highest BCUT2D eigenvalue weighted by atomic mass is 16.3. The van der Waals surface area contributed by atoms with Gasteiger partial charge in [0.05, 0.1) is 6.26 Å². The first kappa shape index (κ1) is 19.7. The Hall–Kier alpha value is -3.63. The van der Waals surface area contributed by atoms with Gasteiger partial charge >= 0.3 is 0 Å². The molecule has 0 saturated carbocycles. The summed E-state index contributed by atoms with van der Waals surface area (Å²) < 4.78 is 5.74. The quantitative estimate of drug-likeness (QED) is 0.478. The lowest BCUT2D eigenvalue weighted by molar-refractivity contribution is -0.715. The van der Waals surface area contributed by atoms with E-state index in [1.165, 1.54) is 0 Å². The van der Waals surface area contributed by atoms with Gasteiger partial charge in [-0.2, -0.15) is 0 Å². The SMILES string of the molecule is Cc1ccc(NC(=O)[C@@H]([NH2+][C@@H](c2ccccc2)c2ccco2)c2ccccc2)cc1. The lowest BCUT2D eigenvalue weighted by Crippen LogP contribution is -2.88. The van der Waals surface area contributed by atoms with Crippen molar-refractivity contribution in [3.8, 4) is 0 Å². The first-order valence-corrected chi connectivity index (χ1v) is 10.1. The summed E-state index contributed by atoms with van der Waals surface area (Å²) in [5.74, 6) is 0.739. The van der Waals surface area contributed by atoms with Gasteiger partial charge in [-0.3, -0.25) is 4.79 Å². The van der Waals surface area contributed by atoms with Crippen LogP contribution in [0.2, 0.25) is 0 Å². The molecule has 0 unspecified atom stereocenters. The fraction of sp³-hybridized carbons (Fsp3) is 0.115. The average Bonchev–Trinajstić information content (AvgIpc) is 3.32. The number of nitrogens with two attached hydrogens (primary N) is 1. The maximum absolute atomic E-state index is 13.4. The van der Waals surface area contributed by atoms with E-state index < -0.39 is 6.04 Å². The van der Waals surface area contributed by atoms with Crippen LogP contribution in [-0.4, -0.2) is 5.91 Å².